The van der Waals surface area contributed by atoms with Crippen molar-refractivity contribution in [3.05, 3.63) is 60.0 Å². The highest BCUT2D eigenvalue weighted by molar-refractivity contribution is 5.54. The van der Waals surface area contributed by atoms with Crippen molar-refractivity contribution in [3.8, 4) is 34.8 Å². The molecule has 3 aromatic rings. The summed E-state index contributed by atoms with van der Waals surface area (Å²) in [6, 6.07) is 14.6. The van der Waals surface area contributed by atoms with Crippen molar-refractivity contribution in [2.24, 2.45) is 0 Å². The average molecular weight is 350 g/mol. The number of nitrogens with zero attached hydrogens (tertiary/aromatic N) is 2. The normalized spacial score (nSPS) is 10.2. The quantitative estimate of drug-likeness (QED) is 0.635. The summed E-state index contributed by atoms with van der Waals surface area (Å²) >= 11 is 0. The number of rotatable bonds is 7. The zero-order chi connectivity index (χ0) is 18.4. The zero-order valence-corrected chi connectivity index (χ0v) is 14.6. The first-order valence-electron chi connectivity index (χ1n) is 8.12. The molecule has 0 aliphatic heterocycles. The summed E-state index contributed by atoms with van der Waals surface area (Å²) in [7, 11) is 1.62. The van der Waals surface area contributed by atoms with E-state index in [1.807, 2.05) is 31.2 Å². The summed E-state index contributed by atoms with van der Waals surface area (Å²) < 4.78 is 22.0. The lowest BCUT2D eigenvalue weighted by atomic mass is 10.2. The lowest BCUT2D eigenvalue weighted by Crippen LogP contribution is -2.00. The number of methoxy groups -OCH3 is 1. The van der Waals surface area contributed by atoms with Crippen molar-refractivity contribution >= 4 is 0 Å². The molecular formula is C20H18N2O4. The van der Waals surface area contributed by atoms with E-state index < -0.39 is 0 Å². The summed E-state index contributed by atoms with van der Waals surface area (Å²) in [5.74, 6) is 2.37. The van der Waals surface area contributed by atoms with Crippen LogP contribution in [0.2, 0.25) is 0 Å². The van der Waals surface area contributed by atoms with Gasteiger partial charge in [0.15, 0.2) is 11.5 Å². The largest absolute Gasteiger partial charge is 0.497 e. The third-order valence-corrected chi connectivity index (χ3v) is 3.64. The molecule has 2 aromatic carbocycles. The minimum atomic E-state index is 0.228. The van der Waals surface area contributed by atoms with Gasteiger partial charge in [-0.05, 0) is 43.3 Å². The van der Waals surface area contributed by atoms with Gasteiger partial charge in [0.2, 0.25) is 5.89 Å². The second-order valence-corrected chi connectivity index (χ2v) is 5.37. The molecule has 1 aromatic heterocycles. The smallest absolute Gasteiger partial charge is 0.226 e. The minimum absolute atomic E-state index is 0.228. The maximum Gasteiger partial charge on any atom is 0.226 e. The van der Waals surface area contributed by atoms with Crippen LogP contribution in [0, 0.1) is 11.3 Å². The molecule has 26 heavy (non-hydrogen) atoms. The molecule has 0 atom stereocenters. The predicted octanol–water partition coefficient (Wildman–Crippen LogP) is 4.20. The second-order valence-electron chi connectivity index (χ2n) is 5.37. The van der Waals surface area contributed by atoms with Gasteiger partial charge in [0.1, 0.15) is 24.3 Å². The van der Waals surface area contributed by atoms with Gasteiger partial charge in [-0.3, -0.25) is 0 Å². The standard InChI is InChI=1S/C20H18N2O4/c1-3-24-19-10-14(11-21)4-9-18(19)25-12-16-13-26-20(22-16)15-5-7-17(23-2)8-6-15/h4-10,13H,3,12H2,1-2H3. The van der Waals surface area contributed by atoms with Crippen LogP contribution in [0.25, 0.3) is 11.5 Å². The van der Waals surface area contributed by atoms with Gasteiger partial charge in [-0.2, -0.15) is 5.26 Å². The van der Waals surface area contributed by atoms with E-state index in [4.69, 9.17) is 23.9 Å². The Morgan fingerprint density at radius 1 is 1.08 bits per heavy atom. The van der Waals surface area contributed by atoms with Gasteiger partial charge in [0.25, 0.3) is 0 Å². The first-order valence-corrected chi connectivity index (χ1v) is 8.12. The van der Waals surface area contributed by atoms with E-state index in [2.05, 4.69) is 11.1 Å². The molecule has 0 saturated heterocycles. The molecule has 6 heteroatoms. The summed E-state index contributed by atoms with van der Waals surface area (Å²) in [5, 5.41) is 9.00. The van der Waals surface area contributed by atoms with E-state index in [-0.39, 0.29) is 6.61 Å². The molecule has 0 spiro atoms. The molecule has 1 heterocycles. The number of nitriles is 1. The Kier molecular flexibility index (Phi) is 5.40. The second kappa shape index (κ2) is 8.08. The lowest BCUT2D eigenvalue weighted by Gasteiger charge is -2.11. The molecule has 0 aliphatic rings. The molecule has 0 bridgehead atoms. The Bertz CT molecular complexity index is 910. The zero-order valence-electron chi connectivity index (χ0n) is 14.6. The highest BCUT2D eigenvalue weighted by atomic mass is 16.5. The van der Waals surface area contributed by atoms with Crippen LogP contribution in [0.3, 0.4) is 0 Å². The van der Waals surface area contributed by atoms with Crippen LogP contribution in [0.15, 0.2) is 53.1 Å². The molecule has 0 unspecified atom stereocenters. The minimum Gasteiger partial charge on any atom is -0.497 e. The van der Waals surface area contributed by atoms with Crippen molar-refractivity contribution in [1.82, 2.24) is 4.98 Å². The maximum absolute atomic E-state index is 9.00. The molecular weight excluding hydrogens is 332 g/mol. The number of hydrogen-bond acceptors (Lipinski definition) is 6. The van der Waals surface area contributed by atoms with E-state index in [9.17, 15) is 0 Å². The fourth-order valence-electron chi connectivity index (χ4n) is 2.36. The summed E-state index contributed by atoms with van der Waals surface area (Å²) in [5.41, 5.74) is 2.03. The molecule has 0 fully saturated rings. The van der Waals surface area contributed by atoms with Gasteiger partial charge < -0.3 is 18.6 Å². The van der Waals surface area contributed by atoms with Crippen LogP contribution < -0.4 is 14.2 Å². The number of aromatic nitrogens is 1. The number of benzene rings is 2. The number of ether oxygens (including phenoxy) is 3. The molecule has 0 amide bonds. The van der Waals surface area contributed by atoms with Crippen LogP contribution in [-0.2, 0) is 6.61 Å². The molecule has 3 rings (SSSR count). The molecule has 0 saturated carbocycles. The van der Waals surface area contributed by atoms with Gasteiger partial charge in [-0.25, -0.2) is 4.98 Å². The van der Waals surface area contributed by atoms with Crippen LogP contribution in [0.4, 0.5) is 0 Å². The van der Waals surface area contributed by atoms with E-state index >= 15 is 0 Å². The number of oxazole rings is 1. The Hall–Kier alpha value is -3.46. The third-order valence-electron chi connectivity index (χ3n) is 3.64. The monoisotopic (exact) mass is 350 g/mol. The lowest BCUT2D eigenvalue weighted by molar-refractivity contribution is 0.266. The molecule has 0 aliphatic carbocycles. The van der Waals surface area contributed by atoms with Crippen molar-refractivity contribution in [2.45, 2.75) is 13.5 Å². The van der Waals surface area contributed by atoms with Crippen molar-refractivity contribution < 1.29 is 18.6 Å². The molecule has 6 nitrogen and oxygen atoms in total. The summed E-state index contributed by atoms with van der Waals surface area (Å²) in [6.07, 6.45) is 1.56. The van der Waals surface area contributed by atoms with Crippen LogP contribution >= 0.6 is 0 Å². The maximum atomic E-state index is 9.00. The van der Waals surface area contributed by atoms with Gasteiger partial charge in [-0.1, -0.05) is 0 Å². The van der Waals surface area contributed by atoms with E-state index in [0.717, 1.165) is 11.3 Å². The Balaban J connectivity index is 1.71. The van der Waals surface area contributed by atoms with Gasteiger partial charge >= 0.3 is 0 Å². The van der Waals surface area contributed by atoms with E-state index in [0.29, 0.717) is 35.3 Å². The van der Waals surface area contributed by atoms with Crippen molar-refractivity contribution in [2.75, 3.05) is 13.7 Å². The fraction of sp³-hybridized carbons (Fsp3) is 0.200. The first kappa shape index (κ1) is 17.4. The Morgan fingerprint density at radius 3 is 2.58 bits per heavy atom. The topological polar surface area (TPSA) is 77.5 Å². The van der Waals surface area contributed by atoms with Gasteiger partial charge in [0, 0.05) is 11.6 Å². The highest BCUT2D eigenvalue weighted by Gasteiger charge is 2.10. The highest BCUT2D eigenvalue weighted by Crippen LogP contribution is 2.29. The molecule has 0 N–H and O–H groups in total. The number of hydrogen-bond donors (Lipinski definition) is 0. The Morgan fingerprint density at radius 2 is 1.88 bits per heavy atom. The fourth-order valence-corrected chi connectivity index (χ4v) is 2.36. The average Bonchev–Trinajstić information content (AvgIpc) is 3.16. The van der Waals surface area contributed by atoms with Crippen molar-refractivity contribution in [1.29, 1.82) is 5.26 Å². The molecule has 132 valence electrons. The van der Waals surface area contributed by atoms with Gasteiger partial charge in [0.05, 0.1) is 25.3 Å². The first-order chi connectivity index (χ1) is 12.7. The summed E-state index contributed by atoms with van der Waals surface area (Å²) in [6.45, 7) is 2.59. The Labute approximate surface area is 151 Å². The molecule has 0 radical (unpaired) electrons. The van der Waals surface area contributed by atoms with Crippen molar-refractivity contribution in [3.63, 3.8) is 0 Å². The van der Waals surface area contributed by atoms with Crippen LogP contribution in [-0.4, -0.2) is 18.7 Å². The summed E-state index contributed by atoms with van der Waals surface area (Å²) in [4.78, 5) is 4.43. The van der Waals surface area contributed by atoms with Gasteiger partial charge in [-0.15, -0.1) is 0 Å². The SMILES string of the molecule is CCOc1cc(C#N)ccc1OCc1coc(-c2ccc(OC)cc2)n1. The predicted molar refractivity (Wildman–Crippen MR) is 95.1 cm³/mol. The third kappa shape index (κ3) is 3.95. The van der Waals surface area contributed by atoms with E-state index in [1.54, 1.807) is 31.6 Å². The van der Waals surface area contributed by atoms with Crippen LogP contribution in [0.1, 0.15) is 18.2 Å². The van der Waals surface area contributed by atoms with E-state index in [1.165, 1.54) is 0 Å². The van der Waals surface area contributed by atoms with Crippen LogP contribution in [0.5, 0.6) is 17.2 Å².